The van der Waals surface area contributed by atoms with E-state index < -0.39 is 36.5 Å². The van der Waals surface area contributed by atoms with Crippen molar-refractivity contribution in [3.63, 3.8) is 0 Å². The van der Waals surface area contributed by atoms with E-state index in [2.05, 4.69) is 11.9 Å². The standard InChI is InChI=1S/C9H11F4NO/c1-5(2)14-7(15)3-6-4-8(10,11)9(6,12)13/h6H,1,3-4H2,2H3,(H,14,15). The normalized spacial score (nSPS) is 26.6. The maximum absolute atomic E-state index is 12.7. The molecular formula is C9H11F4NO. The van der Waals surface area contributed by atoms with Crippen molar-refractivity contribution in [3.05, 3.63) is 12.3 Å². The predicted molar refractivity (Wildman–Crippen MR) is 45.6 cm³/mol. The molecule has 1 fully saturated rings. The molecule has 0 aromatic carbocycles. The van der Waals surface area contributed by atoms with E-state index in [0.717, 1.165) is 0 Å². The fourth-order valence-corrected chi connectivity index (χ4v) is 1.45. The van der Waals surface area contributed by atoms with Gasteiger partial charge in [-0.2, -0.15) is 17.6 Å². The minimum absolute atomic E-state index is 0.300. The van der Waals surface area contributed by atoms with Gasteiger partial charge in [0.25, 0.3) is 0 Å². The average Bonchev–Trinajstić information content (AvgIpc) is 2.01. The molecule has 1 rings (SSSR count). The van der Waals surface area contributed by atoms with E-state index in [1.807, 2.05) is 0 Å². The van der Waals surface area contributed by atoms with Crippen LogP contribution >= 0.6 is 0 Å². The molecule has 0 aromatic heterocycles. The summed E-state index contributed by atoms with van der Waals surface area (Å²) in [4.78, 5) is 11.0. The second-order valence-corrected chi connectivity index (χ2v) is 3.76. The van der Waals surface area contributed by atoms with Crippen LogP contribution in [-0.2, 0) is 4.79 Å². The molecule has 86 valence electrons. The zero-order valence-corrected chi connectivity index (χ0v) is 8.12. The number of carbonyl (C=O) groups excluding carboxylic acids is 1. The van der Waals surface area contributed by atoms with Gasteiger partial charge in [0.1, 0.15) is 0 Å². The quantitative estimate of drug-likeness (QED) is 0.734. The number of carbonyl (C=O) groups is 1. The van der Waals surface area contributed by atoms with Crippen molar-refractivity contribution in [2.45, 2.75) is 31.6 Å². The number of allylic oxidation sites excluding steroid dienone is 1. The molecule has 15 heavy (non-hydrogen) atoms. The molecule has 0 aromatic rings. The van der Waals surface area contributed by atoms with E-state index in [-0.39, 0.29) is 0 Å². The van der Waals surface area contributed by atoms with Crippen molar-refractivity contribution >= 4 is 5.91 Å². The lowest BCUT2D eigenvalue weighted by molar-refractivity contribution is -0.313. The molecule has 0 spiro atoms. The Morgan fingerprint density at radius 1 is 1.47 bits per heavy atom. The number of amides is 1. The van der Waals surface area contributed by atoms with Gasteiger partial charge in [-0.25, -0.2) is 0 Å². The summed E-state index contributed by atoms with van der Waals surface area (Å²) in [6, 6.07) is 0. The van der Waals surface area contributed by atoms with Crippen molar-refractivity contribution < 1.29 is 22.4 Å². The highest BCUT2D eigenvalue weighted by Crippen LogP contribution is 2.56. The first-order chi connectivity index (χ1) is 6.67. The molecule has 1 N–H and O–H groups in total. The Bertz CT molecular complexity index is 300. The highest BCUT2D eigenvalue weighted by molar-refractivity contribution is 5.78. The SMILES string of the molecule is C=C(C)NC(=O)CC1CC(F)(F)C1(F)F. The fraction of sp³-hybridized carbons (Fsp3) is 0.667. The van der Waals surface area contributed by atoms with Crippen LogP contribution in [0.25, 0.3) is 0 Å². The number of halogens is 4. The van der Waals surface area contributed by atoms with Crippen LogP contribution in [0.5, 0.6) is 0 Å². The van der Waals surface area contributed by atoms with Crippen LogP contribution in [0.3, 0.4) is 0 Å². The van der Waals surface area contributed by atoms with Gasteiger partial charge in [-0.1, -0.05) is 6.58 Å². The van der Waals surface area contributed by atoms with Gasteiger partial charge in [0, 0.05) is 24.5 Å². The largest absolute Gasteiger partial charge is 0.331 e. The molecule has 1 amide bonds. The molecule has 1 aliphatic rings. The van der Waals surface area contributed by atoms with Crippen LogP contribution in [-0.4, -0.2) is 17.8 Å². The Hall–Kier alpha value is -1.07. The average molecular weight is 225 g/mol. The van der Waals surface area contributed by atoms with Crippen LogP contribution < -0.4 is 5.32 Å². The molecule has 6 heteroatoms. The number of alkyl halides is 4. The van der Waals surface area contributed by atoms with E-state index in [1.165, 1.54) is 6.92 Å². The molecule has 0 heterocycles. The van der Waals surface area contributed by atoms with Gasteiger partial charge < -0.3 is 5.32 Å². The van der Waals surface area contributed by atoms with Gasteiger partial charge in [0.05, 0.1) is 0 Å². The lowest BCUT2D eigenvalue weighted by atomic mass is 9.74. The van der Waals surface area contributed by atoms with Gasteiger partial charge in [0.15, 0.2) is 0 Å². The molecule has 0 bridgehead atoms. The van der Waals surface area contributed by atoms with Crippen molar-refractivity contribution in [1.82, 2.24) is 5.32 Å². The maximum atomic E-state index is 12.7. The number of hydrogen-bond donors (Lipinski definition) is 1. The molecule has 0 radical (unpaired) electrons. The van der Waals surface area contributed by atoms with Crippen molar-refractivity contribution in [2.75, 3.05) is 0 Å². The summed E-state index contributed by atoms with van der Waals surface area (Å²) in [5.74, 6) is -10.3. The summed E-state index contributed by atoms with van der Waals surface area (Å²) in [5, 5.41) is 2.20. The minimum atomic E-state index is -4.07. The Morgan fingerprint density at radius 2 is 2.00 bits per heavy atom. The Balaban J connectivity index is 2.50. The van der Waals surface area contributed by atoms with Gasteiger partial charge in [0.2, 0.25) is 5.91 Å². The van der Waals surface area contributed by atoms with Crippen LogP contribution in [0.15, 0.2) is 12.3 Å². The predicted octanol–water partition coefficient (Wildman–Crippen LogP) is 2.32. The molecule has 1 unspecified atom stereocenters. The zero-order chi connectivity index (χ0) is 11.9. The van der Waals surface area contributed by atoms with E-state index in [9.17, 15) is 22.4 Å². The van der Waals surface area contributed by atoms with Crippen LogP contribution in [0, 0.1) is 5.92 Å². The zero-order valence-electron chi connectivity index (χ0n) is 8.12. The first-order valence-corrected chi connectivity index (χ1v) is 4.38. The maximum Gasteiger partial charge on any atom is 0.313 e. The van der Waals surface area contributed by atoms with Crippen LogP contribution in [0.1, 0.15) is 19.8 Å². The van der Waals surface area contributed by atoms with E-state index >= 15 is 0 Å². The van der Waals surface area contributed by atoms with E-state index in [0.29, 0.717) is 5.70 Å². The van der Waals surface area contributed by atoms with Crippen molar-refractivity contribution in [1.29, 1.82) is 0 Å². The summed E-state index contributed by atoms with van der Waals surface area (Å²) >= 11 is 0. The van der Waals surface area contributed by atoms with E-state index in [1.54, 1.807) is 0 Å². The molecule has 1 saturated carbocycles. The summed E-state index contributed by atoms with van der Waals surface area (Å²) in [5.41, 5.74) is 0.300. The lowest BCUT2D eigenvalue weighted by Gasteiger charge is -2.43. The topological polar surface area (TPSA) is 29.1 Å². The van der Waals surface area contributed by atoms with Crippen LogP contribution in [0.2, 0.25) is 0 Å². The van der Waals surface area contributed by atoms with Crippen LogP contribution in [0.4, 0.5) is 17.6 Å². The molecular weight excluding hydrogens is 214 g/mol. The smallest absolute Gasteiger partial charge is 0.313 e. The van der Waals surface area contributed by atoms with E-state index in [4.69, 9.17) is 0 Å². The second-order valence-electron chi connectivity index (χ2n) is 3.76. The first kappa shape index (κ1) is 12.0. The number of nitrogens with one attached hydrogen (secondary N) is 1. The number of hydrogen-bond acceptors (Lipinski definition) is 1. The highest BCUT2D eigenvalue weighted by atomic mass is 19.3. The summed E-state index contributed by atoms with van der Waals surface area (Å²) < 4.78 is 50.2. The third kappa shape index (κ3) is 2.13. The van der Waals surface area contributed by atoms with Gasteiger partial charge in [-0.05, 0) is 6.92 Å². The lowest BCUT2D eigenvalue weighted by Crippen LogP contribution is -2.59. The second kappa shape index (κ2) is 3.50. The molecule has 2 nitrogen and oxygen atoms in total. The molecule has 0 aliphatic heterocycles. The third-order valence-electron chi connectivity index (χ3n) is 2.29. The molecule has 1 atom stereocenters. The Morgan fingerprint density at radius 3 is 2.33 bits per heavy atom. The van der Waals surface area contributed by atoms with Crippen molar-refractivity contribution in [2.24, 2.45) is 5.92 Å². The summed E-state index contributed by atoms with van der Waals surface area (Å²) in [6.07, 6.45) is -1.54. The summed E-state index contributed by atoms with van der Waals surface area (Å²) in [7, 11) is 0. The minimum Gasteiger partial charge on any atom is -0.331 e. The first-order valence-electron chi connectivity index (χ1n) is 4.38. The highest BCUT2D eigenvalue weighted by Gasteiger charge is 2.71. The van der Waals surface area contributed by atoms with Gasteiger partial charge in [-0.3, -0.25) is 4.79 Å². The molecule has 1 aliphatic carbocycles. The summed E-state index contributed by atoms with van der Waals surface area (Å²) in [6.45, 7) is 4.82. The monoisotopic (exact) mass is 225 g/mol. The molecule has 0 saturated heterocycles. The van der Waals surface area contributed by atoms with Crippen molar-refractivity contribution in [3.8, 4) is 0 Å². The third-order valence-corrected chi connectivity index (χ3v) is 2.29. The Labute approximate surface area is 84.3 Å². The fourth-order valence-electron chi connectivity index (χ4n) is 1.45. The number of rotatable bonds is 3. The van der Waals surface area contributed by atoms with Gasteiger partial charge in [-0.15, -0.1) is 0 Å². The Kier molecular flexibility index (Phi) is 2.80. The van der Waals surface area contributed by atoms with Gasteiger partial charge >= 0.3 is 11.8 Å².